The van der Waals surface area contributed by atoms with Crippen LogP contribution in [0.4, 0.5) is 13.2 Å². The fourth-order valence-corrected chi connectivity index (χ4v) is 3.06. The van der Waals surface area contributed by atoms with Crippen molar-refractivity contribution in [1.29, 1.82) is 0 Å². The third-order valence-electron chi connectivity index (χ3n) is 4.41. The number of pyridine rings is 1. The number of hydrogen-bond acceptors (Lipinski definition) is 4. The van der Waals surface area contributed by atoms with Gasteiger partial charge in [0.2, 0.25) is 0 Å². The number of carbonyl (C=O) groups excluding carboxylic acids is 1. The Morgan fingerprint density at radius 1 is 1.19 bits per heavy atom. The van der Waals surface area contributed by atoms with E-state index in [1.54, 1.807) is 17.3 Å². The summed E-state index contributed by atoms with van der Waals surface area (Å²) < 4.78 is 40.3. The molecule has 0 saturated carbocycles. The van der Waals surface area contributed by atoms with E-state index in [2.05, 4.69) is 15.1 Å². The predicted octanol–water partition coefficient (Wildman–Crippen LogP) is 2.69. The van der Waals surface area contributed by atoms with Crippen LogP contribution < -0.4 is 0 Å². The zero-order chi connectivity index (χ0) is 18.5. The average molecular weight is 361 g/mol. The highest BCUT2D eigenvalue weighted by Gasteiger charge is 2.37. The topological polar surface area (TPSA) is 63.4 Å². The first-order chi connectivity index (χ1) is 12.3. The number of aromatic nitrogens is 4. The molecule has 4 rings (SSSR count). The van der Waals surface area contributed by atoms with Crippen molar-refractivity contribution >= 4 is 11.6 Å². The van der Waals surface area contributed by atoms with Crippen LogP contribution in [0.25, 0.3) is 5.65 Å². The molecule has 1 aliphatic rings. The van der Waals surface area contributed by atoms with Crippen LogP contribution >= 0.6 is 0 Å². The lowest BCUT2D eigenvalue weighted by atomic mass is 9.92. The monoisotopic (exact) mass is 361 g/mol. The van der Waals surface area contributed by atoms with Crippen molar-refractivity contribution < 1.29 is 18.0 Å². The van der Waals surface area contributed by atoms with Crippen LogP contribution in [-0.2, 0) is 6.18 Å². The van der Waals surface area contributed by atoms with E-state index in [1.165, 1.54) is 13.0 Å². The molecule has 1 saturated heterocycles. The Morgan fingerprint density at radius 3 is 2.54 bits per heavy atom. The van der Waals surface area contributed by atoms with Crippen molar-refractivity contribution in [3.05, 3.63) is 59.3 Å². The van der Waals surface area contributed by atoms with Crippen LogP contribution in [0, 0.1) is 6.92 Å². The second-order valence-corrected chi connectivity index (χ2v) is 6.27. The smallest absolute Gasteiger partial charge is 0.336 e. The van der Waals surface area contributed by atoms with Gasteiger partial charge in [-0.25, -0.2) is 9.50 Å². The molecule has 0 N–H and O–H groups in total. The minimum absolute atomic E-state index is 0.00637. The van der Waals surface area contributed by atoms with E-state index in [1.807, 2.05) is 12.1 Å². The molecule has 1 fully saturated rings. The molecule has 0 aromatic carbocycles. The summed E-state index contributed by atoms with van der Waals surface area (Å²) in [6.45, 7) is 2.46. The van der Waals surface area contributed by atoms with Crippen LogP contribution in [0.2, 0.25) is 0 Å². The second kappa shape index (κ2) is 5.79. The molecule has 4 heterocycles. The maximum atomic E-state index is 13.2. The molecule has 0 unspecified atom stereocenters. The molecule has 0 bridgehead atoms. The summed E-state index contributed by atoms with van der Waals surface area (Å²) in [5.41, 5.74) is 0.312. The molecule has 0 spiro atoms. The number of aryl methyl sites for hydroxylation is 1. The van der Waals surface area contributed by atoms with Gasteiger partial charge in [0.15, 0.2) is 11.3 Å². The van der Waals surface area contributed by atoms with Crippen molar-refractivity contribution in [3.8, 4) is 0 Å². The number of amides is 1. The highest BCUT2D eigenvalue weighted by Crippen LogP contribution is 2.31. The summed E-state index contributed by atoms with van der Waals surface area (Å²) in [6, 6.07) is 5.99. The van der Waals surface area contributed by atoms with E-state index in [-0.39, 0.29) is 23.0 Å². The Balaban J connectivity index is 1.59. The summed E-state index contributed by atoms with van der Waals surface area (Å²) in [5.74, 6) is -0.198. The van der Waals surface area contributed by atoms with Gasteiger partial charge < -0.3 is 4.90 Å². The first kappa shape index (κ1) is 16.5. The van der Waals surface area contributed by atoms with Crippen LogP contribution in [-0.4, -0.2) is 43.5 Å². The molecular formula is C17H14F3N5O. The van der Waals surface area contributed by atoms with Gasteiger partial charge in [-0.3, -0.25) is 9.78 Å². The molecule has 0 atom stereocenters. The van der Waals surface area contributed by atoms with Crippen LogP contribution in [0.1, 0.15) is 33.4 Å². The lowest BCUT2D eigenvalue weighted by Crippen LogP contribution is -2.48. The van der Waals surface area contributed by atoms with E-state index in [0.717, 1.165) is 11.6 Å². The van der Waals surface area contributed by atoms with Crippen molar-refractivity contribution in [2.45, 2.75) is 19.0 Å². The molecule has 134 valence electrons. The van der Waals surface area contributed by atoms with Gasteiger partial charge in [0.25, 0.3) is 5.91 Å². The van der Waals surface area contributed by atoms with E-state index >= 15 is 0 Å². The van der Waals surface area contributed by atoms with Gasteiger partial charge in [-0.2, -0.15) is 18.3 Å². The Morgan fingerprint density at radius 2 is 1.88 bits per heavy atom. The predicted molar refractivity (Wildman–Crippen MR) is 85.6 cm³/mol. The zero-order valence-corrected chi connectivity index (χ0v) is 13.7. The third-order valence-corrected chi connectivity index (χ3v) is 4.41. The number of fused-ring (bicyclic) bond motifs is 1. The summed E-state index contributed by atoms with van der Waals surface area (Å²) in [6.07, 6.45) is -1.20. The largest absolute Gasteiger partial charge is 0.433 e. The van der Waals surface area contributed by atoms with Crippen LogP contribution in [0.15, 0.2) is 36.7 Å². The number of hydrogen-bond donors (Lipinski definition) is 0. The highest BCUT2D eigenvalue weighted by molar-refractivity contribution is 5.94. The third kappa shape index (κ3) is 2.79. The number of nitrogens with zero attached hydrogens (tertiary/aromatic N) is 5. The van der Waals surface area contributed by atoms with Gasteiger partial charge in [0, 0.05) is 43.2 Å². The van der Waals surface area contributed by atoms with Gasteiger partial charge in [-0.1, -0.05) is 0 Å². The number of carbonyl (C=O) groups is 1. The van der Waals surface area contributed by atoms with Crippen molar-refractivity contribution in [1.82, 2.24) is 24.5 Å². The quantitative estimate of drug-likeness (QED) is 0.704. The first-order valence-electron chi connectivity index (χ1n) is 7.97. The number of halogens is 3. The van der Waals surface area contributed by atoms with Gasteiger partial charge in [0.1, 0.15) is 5.69 Å². The van der Waals surface area contributed by atoms with Crippen LogP contribution in [0.5, 0.6) is 0 Å². The molecule has 6 nitrogen and oxygen atoms in total. The van der Waals surface area contributed by atoms with E-state index in [0.29, 0.717) is 17.6 Å². The maximum Gasteiger partial charge on any atom is 0.433 e. The fourth-order valence-electron chi connectivity index (χ4n) is 3.06. The number of rotatable bonds is 2. The standard InChI is InChI=1S/C17H14F3N5O/c1-10-6-14(17(18,19)20)25-15(22-10)7-13(23-25)16(26)24-8-12(9-24)11-2-4-21-5-3-11/h2-7,12H,8-9H2,1H3. The van der Waals surface area contributed by atoms with Crippen molar-refractivity contribution in [2.24, 2.45) is 0 Å². The molecule has 1 aliphatic heterocycles. The van der Waals surface area contributed by atoms with Gasteiger partial charge in [0.05, 0.1) is 0 Å². The first-order valence-corrected chi connectivity index (χ1v) is 7.97. The summed E-state index contributed by atoms with van der Waals surface area (Å²) in [7, 11) is 0. The SMILES string of the molecule is Cc1cc(C(F)(F)F)n2nc(C(=O)N3CC(c4ccncc4)C3)cc2n1. The molecular weight excluding hydrogens is 347 g/mol. The minimum Gasteiger partial charge on any atom is -0.336 e. The second-order valence-electron chi connectivity index (χ2n) is 6.27. The Kier molecular flexibility index (Phi) is 3.67. The molecule has 0 aliphatic carbocycles. The summed E-state index contributed by atoms with van der Waals surface area (Å²) >= 11 is 0. The number of alkyl halides is 3. The summed E-state index contributed by atoms with van der Waals surface area (Å²) in [5, 5.41) is 3.85. The molecule has 9 heteroatoms. The van der Waals surface area contributed by atoms with E-state index in [4.69, 9.17) is 0 Å². The molecule has 3 aromatic rings. The Bertz CT molecular complexity index is 977. The lowest BCUT2D eigenvalue weighted by Gasteiger charge is -2.39. The van der Waals surface area contributed by atoms with Gasteiger partial charge in [-0.05, 0) is 30.7 Å². The average Bonchev–Trinajstić information content (AvgIpc) is 2.96. The van der Waals surface area contributed by atoms with Crippen molar-refractivity contribution in [2.75, 3.05) is 13.1 Å². The number of likely N-dealkylation sites (tertiary alicyclic amines) is 1. The molecule has 0 radical (unpaired) electrons. The highest BCUT2D eigenvalue weighted by atomic mass is 19.4. The van der Waals surface area contributed by atoms with Gasteiger partial charge in [-0.15, -0.1) is 0 Å². The normalized spacial score (nSPS) is 15.3. The van der Waals surface area contributed by atoms with Gasteiger partial charge >= 0.3 is 6.18 Å². The molecule has 3 aromatic heterocycles. The summed E-state index contributed by atoms with van der Waals surface area (Å²) in [4.78, 5) is 22.1. The Hall–Kier alpha value is -2.97. The maximum absolute atomic E-state index is 13.2. The lowest BCUT2D eigenvalue weighted by molar-refractivity contribution is -0.142. The van der Waals surface area contributed by atoms with E-state index in [9.17, 15) is 18.0 Å². The van der Waals surface area contributed by atoms with E-state index < -0.39 is 17.8 Å². The fraction of sp³-hybridized carbons (Fsp3) is 0.294. The Labute approximate surface area is 146 Å². The van der Waals surface area contributed by atoms with Crippen molar-refractivity contribution in [3.63, 3.8) is 0 Å². The minimum atomic E-state index is -4.58. The zero-order valence-electron chi connectivity index (χ0n) is 13.7. The molecule has 1 amide bonds. The molecule has 26 heavy (non-hydrogen) atoms. The van der Waals surface area contributed by atoms with Crippen LogP contribution in [0.3, 0.4) is 0 Å².